The smallest absolute Gasteiger partial charge is 0.263 e. The fourth-order valence-electron chi connectivity index (χ4n) is 0.977. The van der Waals surface area contributed by atoms with Gasteiger partial charge < -0.3 is 9.47 Å². The Labute approximate surface area is 53.8 Å². The first-order valence-corrected chi connectivity index (χ1v) is 2.97. The molecule has 1 fully saturated rings. The van der Waals surface area contributed by atoms with Crippen molar-refractivity contribution in [2.75, 3.05) is 0 Å². The van der Waals surface area contributed by atoms with Crippen LogP contribution in [0.5, 0.6) is 0 Å². The lowest BCUT2D eigenvalue weighted by molar-refractivity contribution is 0.129. The van der Waals surface area contributed by atoms with Crippen LogP contribution < -0.4 is 0 Å². The summed E-state index contributed by atoms with van der Waals surface area (Å²) in [5.41, 5.74) is 0. The van der Waals surface area contributed by atoms with Gasteiger partial charge in [0.2, 0.25) is 0 Å². The third kappa shape index (κ3) is 0.754. The molecule has 1 unspecified atom stereocenters. The number of fused-ring (bicyclic) bond motifs is 1. The van der Waals surface area contributed by atoms with E-state index in [4.69, 9.17) is 9.47 Å². The molecule has 0 bridgehead atoms. The van der Waals surface area contributed by atoms with Gasteiger partial charge in [0.25, 0.3) is 6.79 Å². The Morgan fingerprint density at radius 2 is 2.56 bits per heavy atom. The molecule has 0 amide bonds. The van der Waals surface area contributed by atoms with Crippen molar-refractivity contribution in [3.05, 3.63) is 30.8 Å². The maximum absolute atomic E-state index is 5.09. The van der Waals surface area contributed by atoms with Crippen LogP contribution in [-0.2, 0) is 9.47 Å². The van der Waals surface area contributed by atoms with Crippen LogP contribution in [0.25, 0.3) is 0 Å². The molecule has 0 N–H and O–H groups in total. The minimum absolute atomic E-state index is 0.162. The summed E-state index contributed by atoms with van der Waals surface area (Å²) in [6.45, 7) is 1.39. The van der Waals surface area contributed by atoms with E-state index in [0.717, 1.165) is 12.2 Å². The summed E-state index contributed by atoms with van der Waals surface area (Å²) in [6.07, 6.45) is 7.07. The second-order valence-electron chi connectivity index (χ2n) is 2.07. The van der Waals surface area contributed by atoms with Gasteiger partial charge in [-0.25, -0.2) is 0 Å². The maximum atomic E-state index is 5.09. The summed E-state index contributed by atoms with van der Waals surface area (Å²) < 4.78 is 10.1. The van der Waals surface area contributed by atoms with Crippen LogP contribution in [0.1, 0.15) is 6.42 Å². The minimum Gasteiger partial charge on any atom is -0.460 e. The van der Waals surface area contributed by atoms with E-state index >= 15 is 0 Å². The Kier molecular flexibility index (Phi) is 1.06. The average molecular weight is 123 g/mol. The molecule has 1 atom stereocenters. The first-order chi connectivity index (χ1) is 4.47. The van der Waals surface area contributed by atoms with E-state index in [1.165, 1.54) is 6.79 Å². The number of allylic oxidation sites excluding steroid dienone is 2. The summed E-state index contributed by atoms with van der Waals surface area (Å²) in [6, 6.07) is 0. The first kappa shape index (κ1) is 5.06. The van der Waals surface area contributed by atoms with E-state index in [0.29, 0.717) is 0 Å². The van der Waals surface area contributed by atoms with Gasteiger partial charge in [-0.1, -0.05) is 12.2 Å². The van der Waals surface area contributed by atoms with Crippen LogP contribution in [0, 0.1) is 6.79 Å². The van der Waals surface area contributed by atoms with Gasteiger partial charge in [-0.15, -0.1) is 0 Å². The number of hydrogen-bond donors (Lipinski definition) is 0. The van der Waals surface area contributed by atoms with Gasteiger partial charge in [0, 0.05) is 0 Å². The highest BCUT2D eigenvalue weighted by atomic mass is 16.7. The van der Waals surface area contributed by atoms with Gasteiger partial charge in [0.15, 0.2) is 0 Å². The molecule has 2 rings (SSSR count). The Hall–Kier alpha value is -0.760. The lowest BCUT2D eigenvalue weighted by atomic mass is 10.1. The summed E-state index contributed by atoms with van der Waals surface area (Å²) in [4.78, 5) is 0. The third-order valence-electron chi connectivity index (χ3n) is 1.47. The van der Waals surface area contributed by atoms with Crippen molar-refractivity contribution in [1.82, 2.24) is 0 Å². The van der Waals surface area contributed by atoms with Crippen LogP contribution in [0.2, 0.25) is 0 Å². The van der Waals surface area contributed by atoms with Crippen molar-refractivity contribution < 1.29 is 9.47 Å². The predicted octanol–water partition coefficient (Wildman–Crippen LogP) is 1.36. The lowest BCUT2D eigenvalue weighted by Crippen LogP contribution is -2.07. The van der Waals surface area contributed by atoms with Crippen LogP contribution in [0.15, 0.2) is 24.0 Å². The number of ether oxygens (including phenoxy) is 2. The molecule has 1 aliphatic heterocycles. The van der Waals surface area contributed by atoms with E-state index in [-0.39, 0.29) is 6.10 Å². The van der Waals surface area contributed by atoms with Crippen molar-refractivity contribution in [2.45, 2.75) is 12.5 Å². The summed E-state index contributed by atoms with van der Waals surface area (Å²) >= 11 is 0. The molecule has 47 valence electrons. The molecule has 0 aromatic heterocycles. The normalized spacial score (nSPS) is 31.1. The fraction of sp³-hybridized carbons (Fsp3) is 0.286. The van der Waals surface area contributed by atoms with Gasteiger partial charge in [0.05, 0.1) is 0 Å². The Morgan fingerprint density at radius 1 is 1.56 bits per heavy atom. The fourth-order valence-corrected chi connectivity index (χ4v) is 0.977. The zero-order valence-corrected chi connectivity index (χ0v) is 4.91. The molecule has 1 aliphatic carbocycles. The molecule has 2 heteroatoms. The second kappa shape index (κ2) is 1.88. The van der Waals surface area contributed by atoms with Gasteiger partial charge >= 0.3 is 0 Å². The van der Waals surface area contributed by atoms with E-state index < -0.39 is 0 Å². The summed E-state index contributed by atoms with van der Waals surface area (Å²) in [5, 5.41) is 0. The zero-order chi connectivity index (χ0) is 6.10. The SMILES string of the molecule is [CH]1OC2=CC=CCC2O1. The third-order valence-corrected chi connectivity index (χ3v) is 1.47. The number of hydrogen-bond acceptors (Lipinski definition) is 2. The molecule has 0 aromatic rings. The molecule has 0 saturated carbocycles. The van der Waals surface area contributed by atoms with Gasteiger partial charge in [0.1, 0.15) is 11.9 Å². The van der Waals surface area contributed by atoms with Crippen molar-refractivity contribution in [3.8, 4) is 0 Å². The van der Waals surface area contributed by atoms with Crippen LogP contribution in [-0.4, -0.2) is 6.10 Å². The van der Waals surface area contributed by atoms with E-state index in [9.17, 15) is 0 Å². The van der Waals surface area contributed by atoms with Crippen LogP contribution in [0.4, 0.5) is 0 Å². The molecular weight excluding hydrogens is 116 g/mol. The largest absolute Gasteiger partial charge is 0.460 e. The highest BCUT2D eigenvalue weighted by Gasteiger charge is 2.23. The molecular formula is C7H7O2. The standard InChI is InChI=1S/C7H7O2/c1-2-4-7-6(3-1)8-5-9-7/h1-3,5,7H,4H2. The molecule has 1 radical (unpaired) electrons. The molecule has 1 heterocycles. The van der Waals surface area contributed by atoms with Crippen molar-refractivity contribution in [1.29, 1.82) is 0 Å². The average Bonchev–Trinajstić information content (AvgIpc) is 2.33. The first-order valence-electron chi connectivity index (χ1n) is 2.97. The lowest BCUT2D eigenvalue weighted by Gasteiger charge is -2.06. The Bertz CT molecular complexity index is 170. The quantitative estimate of drug-likeness (QED) is 0.484. The molecule has 0 spiro atoms. The van der Waals surface area contributed by atoms with Crippen molar-refractivity contribution in [2.24, 2.45) is 0 Å². The van der Waals surface area contributed by atoms with E-state index in [1.54, 1.807) is 0 Å². The monoisotopic (exact) mass is 123 g/mol. The van der Waals surface area contributed by atoms with Crippen LogP contribution in [0.3, 0.4) is 0 Å². The van der Waals surface area contributed by atoms with Gasteiger partial charge in [-0.2, -0.15) is 0 Å². The van der Waals surface area contributed by atoms with E-state index in [1.807, 2.05) is 12.2 Å². The molecule has 2 nitrogen and oxygen atoms in total. The Balaban J connectivity index is 2.23. The van der Waals surface area contributed by atoms with Gasteiger partial charge in [-0.3, -0.25) is 0 Å². The molecule has 9 heavy (non-hydrogen) atoms. The predicted molar refractivity (Wildman–Crippen MR) is 32.1 cm³/mol. The van der Waals surface area contributed by atoms with Gasteiger partial charge in [-0.05, 0) is 12.5 Å². The minimum atomic E-state index is 0.162. The second-order valence-corrected chi connectivity index (χ2v) is 2.07. The molecule has 1 saturated heterocycles. The van der Waals surface area contributed by atoms with E-state index in [2.05, 4.69) is 6.08 Å². The maximum Gasteiger partial charge on any atom is 0.263 e. The summed E-state index contributed by atoms with van der Waals surface area (Å²) in [5.74, 6) is 0.928. The number of rotatable bonds is 0. The molecule has 0 aromatic carbocycles. The van der Waals surface area contributed by atoms with Crippen molar-refractivity contribution >= 4 is 0 Å². The highest BCUT2D eigenvalue weighted by Crippen LogP contribution is 2.25. The molecule has 2 aliphatic rings. The highest BCUT2D eigenvalue weighted by molar-refractivity contribution is 5.19. The Morgan fingerprint density at radius 3 is 3.44 bits per heavy atom. The van der Waals surface area contributed by atoms with Crippen LogP contribution >= 0.6 is 0 Å². The van der Waals surface area contributed by atoms with Crippen molar-refractivity contribution in [3.63, 3.8) is 0 Å². The zero-order valence-electron chi connectivity index (χ0n) is 4.91. The topological polar surface area (TPSA) is 18.5 Å². The summed E-state index contributed by atoms with van der Waals surface area (Å²) in [7, 11) is 0.